The Balaban J connectivity index is 1.25. The van der Waals surface area contributed by atoms with Crippen molar-refractivity contribution >= 4 is 17.6 Å². The van der Waals surface area contributed by atoms with E-state index in [1.165, 1.54) is 5.56 Å². The van der Waals surface area contributed by atoms with Gasteiger partial charge in [-0.15, -0.1) is 0 Å². The van der Waals surface area contributed by atoms with Gasteiger partial charge in [0.25, 0.3) is 0 Å². The Kier molecular flexibility index (Phi) is 5.58. The number of carbonyl (C=O) groups excluding carboxylic acids is 2. The quantitative estimate of drug-likeness (QED) is 0.888. The molecule has 146 valence electrons. The van der Waals surface area contributed by atoms with Crippen LogP contribution in [0.25, 0.3) is 0 Å². The monoisotopic (exact) mass is 378 g/mol. The number of nitrogens with zero attached hydrogens (tertiary/aromatic N) is 3. The summed E-state index contributed by atoms with van der Waals surface area (Å²) in [6, 6.07) is 19.8. The zero-order valence-corrected chi connectivity index (χ0v) is 16.0. The van der Waals surface area contributed by atoms with E-state index in [9.17, 15) is 9.59 Å². The predicted molar refractivity (Wildman–Crippen MR) is 109 cm³/mol. The van der Waals surface area contributed by atoms with Crippen LogP contribution in [0.5, 0.6) is 0 Å². The Morgan fingerprint density at radius 2 is 1.57 bits per heavy atom. The fourth-order valence-electron chi connectivity index (χ4n) is 3.88. The van der Waals surface area contributed by atoms with Gasteiger partial charge < -0.3 is 15.1 Å². The second-order valence-electron chi connectivity index (χ2n) is 7.44. The van der Waals surface area contributed by atoms with E-state index in [0.29, 0.717) is 26.1 Å². The number of anilines is 1. The molecule has 3 amide bonds. The zero-order chi connectivity index (χ0) is 19.3. The highest BCUT2D eigenvalue weighted by Crippen LogP contribution is 2.21. The van der Waals surface area contributed by atoms with E-state index in [-0.39, 0.29) is 18.0 Å². The van der Waals surface area contributed by atoms with Crippen molar-refractivity contribution in [3.63, 3.8) is 0 Å². The molecule has 2 aliphatic heterocycles. The second-order valence-corrected chi connectivity index (χ2v) is 7.44. The van der Waals surface area contributed by atoms with E-state index in [1.54, 1.807) is 4.90 Å². The SMILES string of the molecule is O=C(N[C@@H]1CC(=O)N(c2ccccc2)C1)N1CCN(Cc2ccccc2)CC1. The average Bonchev–Trinajstić information content (AvgIpc) is 3.10. The largest absolute Gasteiger partial charge is 0.333 e. The lowest BCUT2D eigenvalue weighted by molar-refractivity contribution is -0.117. The zero-order valence-electron chi connectivity index (χ0n) is 16.0. The summed E-state index contributed by atoms with van der Waals surface area (Å²) in [6.45, 7) is 4.59. The van der Waals surface area contributed by atoms with Crippen molar-refractivity contribution in [3.05, 3.63) is 66.2 Å². The summed E-state index contributed by atoms with van der Waals surface area (Å²) in [4.78, 5) is 30.9. The molecule has 2 aromatic carbocycles. The molecule has 1 atom stereocenters. The lowest BCUT2D eigenvalue weighted by Gasteiger charge is -2.35. The Bertz CT molecular complexity index is 804. The molecule has 0 radical (unpaired) electrons. The molecule has 1 N–H and O–H groups in total. The minimum atomic E-state index is -0.137. The van der Waals surface area contributed by atoms with Crippen LogP contribution in [0.3, 0.4) is 0 Å². The highest BCUT2D eigenvalue weighted by molar-refractivity contribution is 5.96. The molecule has 2 aliphatic rings. The summed E-state index contributed by atoms with van der Waals surface area (Å²) in [5, 5.41) is 3.05. The van der Waals surface area contributed by atoms with Crippen LogP contribution in [0.4, 0.5) is 10.5 Å². The molecule has 2 saturated heterocycles. The van der Waals surface area contributed by atoms with Gasteiger partial charge in [0.1, 0.15) is 0 Å². The molecular formula is C22H26N4O2. The van der Waals surface area contributed by atoms with Crippen LogP contribution >= 0.6 is 0 Å². The van der Waals surface area contributed by atoms with Crippen molar-refractivity contribution in [3.8, 4) is 0 Å². The first kappa shape index (κ1) is 18.5. The molecule has 0 bridgehead atoms. The summed E-state index contributed by atoms with van der Waals surface area (Å²) in [7, 11) is 0. The molecule has 0 aliphatic carbocycles. The maximum absolute atomic E-state index is 12.6. The number of para-hydroxylation sites is 1. The van der Waals surface area contributed by atoms with Gasteiger partial charge in [0.2, 0.25) is 5.91 Å². The van der Waals surface area contributed by atoms with E-state index in [4.69, 9.17) is 0 Å². The Labute approximate surface area is 165 Å². The third-order valence-electron chi connectivity index (χ3n) is 5.43. The molecule has 6 nitrogen and oxygen atoms in total. The number of hydrogen-bond donors (Lipinski definition) is 1. The fourth-order valence-corrected chi connectivity index (χ4v) is 3.88. The van der Waals surface area contributed by atoms with Gasteiger partial charge in [-0.25, -0.2) is 4.79 Å². The molecule has 0 aromatic heterocycles. The van der Waals surface area contributed by atoms with Gasteiger partial charge in [0, 0.05) is 51.4 Å². The highest BCUT2D eigenvalue weighted by atomic mass is 16.2. The summed E-state index contributed by atoms with van der Waals surface area (Å²) in [5.41, 5.74) is 2.18. The first-order valence-corrected chi connectivity index (χ1v) is 9.86. The molecule has 4 rings (SSSR count). The van der Waals surface area contributed by atoms with E-state index < -0.39 is 0 Å². The predicted octanol–water partition coefficient (Wildman–Crippen LogP) is 2.32. The number of nitrogens with one attached hydrogen (secondary N) is 1. The molecule has 0 saturated carbocycles. The molecule has 0 unspecified atom stereocenters. The molecule has 6 heteroatoms. The van der Waals surface area contributed by atoms with Gasteiger partial charge in [-0.2, -0.15) is 0 Å². The van der Waals surface area contributed by atoms with Crippen molar-refractivity contribution < 1.29 is 9.59 Å². The van der Waals surface area contributed by atoms with Crippen molar-refractivity contribution in [1.82, 2.24) is 15.1 Å². The lowest BCUT2D eigenvalue weighted by atomic mass is 10.2. The van der Waals surface area contributed by atoms with Crippen LogP contribution in [0, 0.1) is 0 Å². The minimum absolute atomic E-state index is 0.0594. The Morgan fingerprint density at radius 3 is 2.25 bits per heavy atom. The highest BCUT2D eigenvalue weighted by Gasteiger charge is 2.33. The number of benzene rings is 2. The molecular weight excluding hydrogens is 352 g/mol. The second kappa shape index (κ2) is 8.44. The number of hydrogen-bond acceptors (Lipinski definition) is 3. The minimum Gasteiger partial charge on any atom is -0.333 e. The van der Waals surface area contributed by atoms with Gasteiger partial charge >= 0.3 is 6.03 Å². The fraction of sp³-hybridized carbons (Fsp3) is 0.364. The van der Waals surface area contributed by atoms with Crippen LogP contribution in [0.1, 0.15) is 12.0 Å². The van der Waals surface area contributed by atoms with E-state index in [2.05, 4.69) is 34.5 Å². The topological polar surface area (TPSA) is 55.9 Å². The molecule has 2 fully saturated rings. The number of rotatable bonds is 4. The Morgan fingerprint density at radius 1 is 0.929 bits per heavy atom. The van der Waals surface area contributed by atoms with E-state index in [1.807, 2.05) is 41.3 Å². The van der Waals surface area contributed by atoms with Gasteiger partial charge in [-0.3, -0.25) is 9.69 Å². The maximum atomic E-state index is 12.6. The molecule has 2 heterocycles. The van der Waals surface area contributed by atoms with E-state index in [0.717, 1.165) is 25.3 Å². The van der Waals surface area contributed by atoms with Crippen molar-refractivity contribution in [1.29, 1.82) is 0 Å². The lowest BCUT2D eigenvalue weighted by Crippen LogP contribution is -2.53. The first-order chi connectivity index (χ1) is 13.7. The van der Waals surface area contributed by atoms with Gasteiger partial charge in [-0.05, 0) is 17.7 Å². The summed E-state index contributed by atoms with van der Waals surface area (Å²) in [6.07, 6.45) is 0.356. The van der Waals surface area contributed by atoms with Crippen LogP contribution in [0.15, 0.2) is 60.7 Å². The molecule has 0 spiro atoms. The average molecular weight is 378 g/mol. The van der Waals surface area contributed by atoms with Crippen molar-refractivity contribution in [2.75, 3.05) is 37.6 Å². The van der Waals surface area contributed by atoms with Crippen LogP contribution in [0.2, 0.25) is 0 Å². The standard InChI is InChI=1S/C22H26N4O2/c27-21-15-19(17-26(21)20-9-5-2-6-10-20)23-22(28)25-13-11-24(12-14-25)16-18-7-3-1-4-8-18/h1-10,19H,11-17H2,(H,23,28)/t19-/m1/s1. The van der Waals surface area contributed by atoms with Crippen LogP contribution < -0.4 is 10.2 Å². The van der Waals surface area contributed by atoms with Crippen LogP contribution in [-0.2, 0) is 11.3 Å². The number of amides is 3. The third kappa shape index (κ3) is 4.34. The van der Waals surface area contributed by atoms with Crippen molar-refractivity contribution in [2.24, 2.45) is 0 Å². The van der Waals surface area contributed by atoms with Crippen LogP contribution in [-0.4, -0.2) is 60.5 Å². The maximum Gasteiger partial charge on any atom is 0.317 e. The first-order valence-electron chi connectivity index (χ1n) is 9.86. The number of urea groups is 1. The summed E-state index contributed by atoms with van der Waals surface area (Å²) >= 11 is 0. The molecule has 28 heavy (non-hydrogen) atoms. The summed E-state index contributed by atoms with van der Waals surface area (Å²) < 4.78 is 0. The smallest absolute Gasteiger partial charge is 0.317 e. The number of piperazine rings is 1. The van der Waals surface area contributed by atoms with Gasteiger partial charge in [0.15, 0.2) is 0 Å². The van der Waals surface area contributed by atoms with Gasteiger partial charge in [-0.1, -0.05) is 48.5 Å². The van der Waals surface area contributed by atoms with Gasteiger partial charge in [0.05, 0.1) is 6.04 Å². The third-order valence-corrected chi connectivity index (χ3v) is 5.43. The summed E-state index contributed by atoms with van der Waals surface area (Å²) in [5.74, 6) is 0.0594. The number of carbonyl (C=O) groups is 2. The Hall–Kier alpha value is -2.86. The van der Waals surface area contributed by atoms with E-state index >= 15 is 0 Å². The normalized spacial score (nSPS) is 20.4. The molecule has 2 aromatic rings. The van der Waals surface area contributed by atoms with Crippen molar-refractivity contribution in [2.45, 2.75) is 19.0 Å².